The number of rotatable bonds is 5. The minimum absolute atomic E-state index is 0.133. The van der Waals surface area contributed by atoms with Gasteiger partial charge in [-0.15, -0.1) is 11.6 Å². The fraction of sp³-hybridized carbons (Fsp3) is 0.500. The van der Waals surface area contributed by atoms with Gasteiger partial charge >= 0.3 is 0 Å². The van der Waals surface area contributed by atoms with Crippen LogP contribution in [0.4, 0.5) is 0 Å². The maximum Gasteiger partial charge on any atom is 0.160 e. The van der Waals surface area contributed by atoms with Crippen LogP contribution in [0.1, 0.15) is 25.0 Å². The summed E-state index contributed by atoms with van der Waals surface area (Å²) in [5, 5.41) is -0.133. The molecule has 0 aliphatic heterocycles. The quantitative estimate of drug-likeness (QED) is 0.608. The van der Waals surface area contributed by atoms with E-state index in [0.29, 0.717) is 13.2 Å². The zero-order valence-corrected chi connectivity index (χ0v) is 10.8. The summed E-state index contributed by atoms with van der Waals surface area (Å²) in [4.78, 5) is 8.85. The molecule has 0 N–H and O–H groups in total. The third kappa shape index (κ3) is 2.58. The van der Waals surface area contributed by atoms with Gasteiger partial charge in [0.1, 0.15) is 11.3 Å². The predicted molar refractivity (Wildman–Crippen MR) is 68.3 cm³/mol. The number of halogens is 1. The molecular weight excluding hydrogens is 238 g/mol. The molecule has 2 rings (SSSR count). The van der Waals surface area contributed by atoms with E-state index >= 15 is 0 Å². The van der Waals surface area contributed by atoms with Crippen LogP contribution < -0.4 is 0 Å². The lowest BCUT2D eigenvalue weighted by Gasteiger charge is -2.09. The molecule has 0 saturated heterocycles. The highest BCUT2D eigenvalue weighted by Crippen LogP contribution is 2.22. The van der Waals surface area contributed by atoms with Gasteiger partial charge in [-0.2, -0.15) is 0 Å². The number of nitrogens with zero attached hydrogens (tertiary/aromatic N) is 3. The standard InChI is InChI=1S/C12H16ClN3O/c1-3-17-8-7-16-11(9(2)13)15-10-5-4-6-14-12(10)16/h4-6,9H,3,7-8H2,1-2H3. The Morgan fingerprint density at radius 2 is 2.35 bits per heavy atom. The summed E-state index contributed by atoms with van der Waals surface area (Å²) in [5.74, 6) is 0.847. The molecule has 17 heavy (non-hydrogen) atoms. The summed E-state index contributed by atoms with van der Waals surface area (Å²) in [6, 6.07) is 3.83. The van der Waals surface area contributed by atoms with Gasteiger partial charge in [0.25, 0.3) is 0 Å². The van der Waals surface area contributed by atoms with Crippen molar-refractivity contribution in [2.24, 2.45) is 0 Å². The molecule has 0 fully saturated rings. The van der Waals surface area contributed by atoms with Gasteiger partial charge in [-0.1, -0.05) is 0 Å². The number of pyridine rings is 1. The van der Waals surface area contributed by atoms with Crippen LogP contribution in [0.5, 0.6) is 0 Å². The number of aromatic nitrogens is 3. The van der Waals surface area contributed by atoms with Crippen LogP contribution in [0.25, 0.3) is 11.2 Å². The molecule has 92 valence electrons. The molecule has 4 nitrogen and oxygen atoms in total. The third-order valence-electron chi connectivity index (χ3n) is 2.55. The monoisotopic (exact) mass is 253 g/mol. The second-order valence-corrected chi connectivity index (χ2v) is 4.44. The first-order valence-electron chi connectivity index (χ1n) is 5.77. The lowest BCUT2D eigenvalue weighted by Crippen LogP contribution is -2.10. The molecule has 0 aliphatic carbocycles. The van der Waals surface area contributed by atoms with Crippen molar-refractivity contribution in [3.8, 4) is 0 Å². The second kappa shape index (κ2) is 5.47. The van der Waals surface area contributed by atoms with Crippen molar-refractivity contribution in [1.82, 2.24) is 14.5 Å². The smallest absolute Gasteiger partial charge is 0.160 e. The van der Waals surface area contributed by atoms with E-state index in [1.54, 1.807) is 6.20 Å². The third-order valence-corrected chi connectivity index (χ3v) is 2.75. The molecule has 0 aromatic carbocycles. The van der Waals surface area contributed by atoms with Crippen LogP contribution in [0.3, 0.4) is 0 Å². The van der Waals surface area contributed by atoms with E-state index in [1.165, 1.54) is 0 Å². The van der Waals surface area contributed by atoms with Crippen molar-refractivity contribution in [2.75, 3.05) is 13.2 Å². The Kier molecular flexibility index (Phi) is 3.97. The molecule has 2 aromatic heterocycles. The second-order valence-electron chi connectivity index (χ2n) is 3.78. The Hall–Kier alpha value is -1.13. The van der Waals surface area contributed by atoms with Gasteiger partial charge in [-0.05, 0) is 26.0 Å². The predicted octanol–water partition coefficient (Wildman–Crippen LogP) is 2.77. The van der Waals surface area contributed by atoms with Crippen molar-refractivity contribution in [3.63, 3.8) is 0 Å². The minimum Gasteiger partial charge on any atom is -0.380 e. The number of hydrogen-bond acceptors (Lipinski definition) is 3. The molecular formula is C12H16ClN3O. The van der Waals surface area contributed by atoms with Crippen LogP contribution in [0.15, 0.2) is 18.3 Å². The van der Waals surface area contributed by atoms with E-state index in [2.05, 4.69) is 9.97 Å². The summed E-state index contributed by atoms with van der Waals surface area (Å²) in [7, 11) is 0. The van der Waals surface area contributed by atoms with Gasteiger partial charge in [0.2, 0.25) is 0 Å². The molecule has 0 radical (unpaired) electrons. The molecule has 0 bridgehead atoms. The Morgan fingerprint density at radius 3 is 3.06 bits per heavy atom. The molecule has 0 spiro atoms. The Balaban J connectivity index is 2.37. The average molecular weight is 254 g/mol. The maximum atomic E-state index is 6.14. The van der Waals surface area contributed by atoms with Crippen molar-refractivity contribution in [1.29, 1.82) is 0 Å². The highest BCUT2D eigenvalue weighted by Gasteiger charge is 2.14. The fourth-order valence-corrected chi connectivity index (χ4v) is 1.97. The van der Waals surface area contributed by atoms with Crippen LogP contribution >= 0.6 is 11.6 Å². The fourth-order valence-electron chi connectivity index (χ4n) is 1.80. The topological polar surface area (TPSA) is 39.9 Å². The summed E-state index contributed by atoms with van der Waals surface area (Å²) >= 11 is 6.14. The lowest BCUT2D eigenvalue weighted by atomic mass is 10.4. The summed E-state index contributed by atoms with van der Waals surface area (Å²) in [5.41, 5.74) is 1.75. The van der Waals surface area contributed by atoms with Crippen molar-refractivity contribution < 1.29 is 4.74 Å². The molecule has 0 saturated carbocycles. The van der Waals surface area contributed by atoms with Gasteiger partial charge in [-0.25, -0.2) is 9.97 Å². The van der Waals surface area contributed by atoms with Crippen molar-refractivity contribution in [3.05, 3.63) is 24.2 Å². The number of fused-ring (bicyclic) bond motifs is 1. The molecule has 1 unspecified atom stereocenters. The first kappa shape index (κ1) is 12.3. The maximum absolute atomic E-state index is 6.14. The van der Waals surface area contributed by atoms with Gasteiger partial charge in [0.05, 0.1) is 12.0 Å². The van der Waals surface area contributed by atoms with E-state index < -0.39 is 0 Å². The van der Waals surface area contributed by atoms with E-state index in [0.717, 1.165) is 23.5 Å². The molecule has 2 heterocycles. The lowest BCUT2D eigenvalue weighted by molar-refractivity contribution is 0.139. The van der Waals surface area contributed by atoms with Crippen LogP contribution in [0, 0.1) is 0 Å². The zero-order chi connectivity index (χ0) is 12.3. The minimum atomic E-state index is -0.133. The summed E-state index contributed by atoms with van der Waals surface area (Å²) < 4.78 is 7.40. The Labute approximate surface area is 106 Å². The normalized spacial score (nSPS) is 13.1. The number of hydrogen-bond donors (Lipinski definition) is 0. The Bertz CT molecular complexity index is 495. The van der Waals surface area contributed by atoms with Crippen LogP contribution in [-0.2, 0) is 11.3 Å². The van der Waals surface area contributed by atoms with Crippen molar-refractivity contribution >= 4 is 22.8 Å². The number of alkyl halides is 1. The van der Waals surface area contributed by atoms with E-state index in [9.17, 15) is 0 Å². The number of imidazole rings is 1. The van der Waals surface area contributed by atoms with E-state index in [1.807, 2.05) is 30.5 Å². The van der Waals surface area contributed by atoms with E-state index in [-0.39, 0.29) is 5.38 Å². The first-order valence-corrected chi connectivity index (χ1v) is 6.20. The summed E-state index contributed by atoms with van der Waals surface area (Å²) in [6.07, 6.45) is 1.77. The van der Waals surface area contributed by atoms with Crippen LogP contribution in [0.2, 0.25) is 0 Å². The largest absolute Gasteiger partial charge is 0.380 e. The Morgan fingerprint density at radius 1 is 1.53 bits per heavy atom. The average Bonchev–Trinajstić information content (AvgIpc) is 2.69. The highest BCUT2D eigenvalue weighted by molar-refractivity contribution is 6.20. The zero-order valence-electron chi connectivity index (χ0n) is 10.1. The first-order chi connectivity index (χ1) is 8.24. The molecule has 0 aliphatic rings. The highest BCUT2D eigenvalue weighted by atomic mass is 35.5. The molecule has 5 heteroatoms. The molecule has 0 amide bonds. The van der Waals surface area contributed by atoms with Gasteiger partial charge in [0, 0.05) is 19.3 Å². The molecule has 2 aromatic rings. The molecule has 1 atom stereocenters. The van der Waals surface area contributed by atoms with E-state index in [4.69, 9.17) is 16.3 Å². The van der Waals surface area contributed by atoms with Gasteiger partial charge < -0.3 is 9.30 Å². The SMILES string of the molecule is CCOCCn1c(C(C)Cl)nc2cccnc21. The summed E-state index contributed by atoms with van der Waals surface area (Å²) in [6.45, 7) is 5.99. The van der Waals surface area contributed by atoms with Gasteiger partial charge in [0.15, 0.2) is 5.65 Å². The van der Waals surface area contributed by atoms with Crippen molar-refractivity contribution in [2.45, 2.75) is 25.8 Å². The number of ether oxygens (including phenoxy) is 1. The van der Waals surface area contributed by atoms with Gasteiger partial charge in [-0.3, -0.25) is 0 Å². The van der Waals surface area contributed by atoms with Crippen LogP contribution in [-0.4, -0.2) is 27.7 Å².